The first-order valence-corrected chi connectivity index (χ1v) is 8.93. The molecule has 1 saturated carbocycles. The van der Waals surface area contributed by atoms with Crippen LogP contribution in [0.3, 0.4) is 0 Å². The summed E-state index contributed by atoms with van der Waals surface area (Å²) < 4.78 is 0. The van der Waals surface area contributed by atoms with Gasteiger partial charge in [0.05, 0.1) is 0 Å². The normalized spacial score (nSPS) is 21.2. The first-order chi connectivity index (χ1) is 10.6. The van der Waals surface area contributed by atoms with Gasteiger partial charge in [-0.25, -0.2) is 0 Å². The Balaban J connectivity index is 0.00000264. The van der Waals surface area contributed by atoms with E-state index >= 15 is 0 Å². The summed E-state index contributed by atoms with van der Waals surface area (Å²) in [5.41, 5.74) is 5.37. The van der Waals surface area contributed by atoms with Gasteiger partial charge in [0.1, 0.15) is 0 Å². The zero-order chi connectivity index (χ0) is 15.8. The second-order valence-electron chi connectivity index (χ2n) is 6.97. The standard InChI is InChI=1S/C17H31N3O2.ClH/c18-16(21)12-15(14-4-2-1-3-5-14)20-17(22)7-6-13-8-10-19-11-9-13;/h13-15,19H,1-12H2,(H2,18,21)(H,20,22);1H. The Bertz CT molecular complexity index is 367. The first-order valence-electron chi connectivity index (χ1n) is 8.93. The highest BCUT2D eigenvalue weighted by Crippen LogP contribution is 2.28. The third-order valence-corrected chi connectivity index (χ3v) is 5.22. The minimum absolute atomic E-state index is 0. The highest BCUT2D eigenvalue weighted by atomic mass is 35.5. The molecule has 6 heteroatoms. The van der Waals surface area contributed by atoms with Crippen molar-refractivity contribution >= 4 is 24.2 Å². The summed E-state index contributed by atoms with van der Waals surface area (Å²) in [6, 6.07) is -0.0571. The van der Waals surface area contributed by atoms with Gasteiger partial charge in [-0.05, 0) is 57.0 Å². The lowest BCUT2D eigenvalue weighted by Gasteiger charge is -2.30. The van der Waals surface area contributed by atoms with E-state index in [0.29, 0.717) is 18.3 Å². The third kappa shape index (κ3) is 7.53. The fraction of sp³-hybridized carbons (Fsp3) is 0.882. The topological polar surface area (TPSA) is 84.2 Å². The highest BCUT2D eigenvalue weighted by Gasteiger charge is 2.26. The van der Waals surface area contributed by atoms with Crippen LogP contribution >= 0.6 is 12.4 Å². The van der Waals surface area contributed by atoms with Crippen molar-refractivity contribution in [2.24, 2.45) is 17.6 Å². The minimum Gasteiger partial charge on any atom is -0.370 e. The number of primary amides is 1. The number of amides is 2. The maximum Gasteiger partial charge on any atom is 0.220 e. The average Bonchev–Trinajstić information content (AvgIpc) is 2.54. The van der Waals surface area contributed by atoms with Gasteiger partial charge >= 0.3 is 0 Å². The molecule has 0 aromatic heterocycles. The third-order valence-electron chi connectivity index (χ3n) is 5.22. The molecule has 23 heavy (non-hydrogen) atoms. The molecule has 0 bridgehead atoms. The molecule has 1 heterocycles. The van der Waals surface area contributed by atoms with Gasteiger partial charge < -0.3 is 16.4 Å². The summed E-state index contributed by atoms with van der Waals surface area (Å²) in [5.74, 6) is 0.866. The van der Waals surface area contributed by atoms with E-state index in [2.05, 4.69) is 10.6 Å². The zero-order valence-electron chi connectivity index (χ0n) is 14.0. The summed E-state index contributed by atoms with van der Waals surface area (Å²) in [7, 11) is 0. The second kappa shape index (κ2) is 10.9. The number of nitrogens with two attached hydrogens (primary N) is 1. The number of halogens is 1. The van der Waals surface area contributed by atoms with Gasteiger partial charge in [0.2, 0.25) is 11.8 Å². The Hall–Kier alpha value is -0.810. The largest absolute Gasteiger partial charge is 0.370 e. The zero-order valence-corrected chi connectivity index (χ0v) is 14.8. The minimum atomic E-state index is -0.311. The molecule has 2 aliphatic rings. The van der Waals surface area contributed by atoms with Crippen molar-refractivity contribution in [1.82, 2.24) is 10.6 Å². The molecule has 1 aliphatic heterocycles. The van der Waals surface area contributed by atoms with Crippen LogP contribution in [-0.2, 0) is 9.59 Å². The molecular formula is C17H32ClN3O2. The predicted octanol–water partition coefficient (Wildman–Crippen LogP) is 2.13. The number of carbonyl (C=O) groups excluding carboxylic acids is 2. The van der Waals surface area contributed by atoms with E-state index in [4.69, 9.17) is 5.73 Å². The van der Waals surface area contributed by atoms with Crippen LogP contribution in [0.15, 0.2) is 0 Å². The Morgan fingerprint density at radius 1 is 1.09 bits per heavy atom. The molecule has 1 aliphatic carbocycles. The first kappa shape index (κ1) is 20.2. The maximum atomic E-state index is 12.2. The van der Waals surface area contributed by atoms with Crippen LogP contribution in [0.5, 0.6) is 0 Å². The van der Waals surface area contributed by atoms with Gasteiger partial charge in [-0.1, -0.05) is 19.3 Å². The quantitative estimate of drug-likeness (QED) is 0.660. The molecule has 2 rings (SSSR count). The Labute approximate surface area is 145 Å². The Morgan fingerprint density at radius 3 is 2.35 bits per heavy atom. The van der Waals surface area contributed by atoms with Gasteiger partial charge in [0, 0.05) is 18.9 Å². The Kier molecular flexibility index (Phi) is 9.56. The van der Waals surface area contributed by atoms with Crippen molar-refractivity contribution in [3.8, 4) is 0 Å². The van der Waals surface area contributed by atoms with Crippen molar-refractivity contribution < 1.29 is 9.59 Å². The van der Waals surface area contributed by atoms with Crippen LogP contribution in [0.2, 0.25) is 0 Å². The molecule has 4 N–H and O–H groups in total. The lowest BCUT2D eigenvalue weighted by molar-refractivity contribution is -0.123. The summed E-state index contributed by atoms with van der Waals surface area (Å²) in [5, 5.41) is 6.45. The number of hydrogen-bond acceptors (Lipinski definition) is 3. The van der Waals surface area contributed by atoms with Gasteiger partial charge in [-0.2, -0.15) is 0 Å². The van der Waals surface area contributed by atoms with E-state index in [-0.39, 0.29) is 36.7 Å². The number of piperidine rings is 1. The van der Waals surface area contributed by atoms with E-state index < -0.39 is 0 Å². The lowest BCUT2D eigenvalue weighted by atomic mass is 9.82. The molecule has 0 spiro atoms. The van der Waals surface area contributed by atoms with Crippen molar-refractivity contribution in [3.63, 3.8) is 0 Å². The van der Waals surface area contributed by atoms with Gasteiger partial charge in [0.15, 0.2) is 0 Å². The van der Waals surface area contributed by atoms with Crippen LogP contribution in [0.25, 0.3) is 0 Å². The summed E-state index contributed by atoms with van der Waals surface area (Å²) in [6.45, 7) is 2.14. The summed E-state index contributed by atoms with van der Waals surface area (Å²) in [6.07, 6.45) is 10.0. The molecule has 1 unspecified atom stereocenters. The van der Waals surface area contributed by atoms with Crippen molar-refractivity contribution in [2.75, 3.05) is 13.1 Å². The summed E-state index contributed by atoms with van der Waals surface area (Å²) in [4.78, 5) is 23.5. The number of hydrogen-bond donors (Lipinski definition) is 3. The van der Waals surface area contributed by atoms with Gasteiger partial charge in [0.25, 0.3) is 0 Å². The monoisotopic (exact) mass is 345 g/mol. The Morgan fingerprint density at radius 2 is 1.74 bits per heavy atom. The van der Waals surface area contributed by atoms with Crippen LogP contribution in [0, 0.1) is 11.8 Å². The SMILES string of the molecule is Cl.NC(=O)CC(NC(=O)CCC1CCNCC1)C1CCCCC1. The van der Waals surface area contributed by atoms with E-state index in [0.717, 1.165) is 32.4 Å². The van der Waals surface area contributed by atoms with E-state index in [1.165, 1.54) is 32.1 Å². The van der Waals surface area contributed by atoms with Crippen molar-refractivity contribution in [1.29, 1.82) is 0 Å². The number of nitrogens with one attached hydrogen (secondary N) is 2. The van der Waals surface area contributed by atoms with Crippen LogP contribution in [-0.4, -0.2) is 30.9 Å². The van der Waals surface area contributed by atoms with Crippen LogP contribution < -0.4 is 16.4 Å². The molecule has 134 valence electrons. The van der Waals surface area contributed by atoms with E-state index in [1.807, 2.05) is 0 Å². The van der Waals surface area contributed by atoms with E-state index in [9.17, 15) is 9.59 Å². The average molecular weight is 346 g/mol. The number of carbonyl (C=O) groups is 2. The molecular weight excluding hydrogens is 314 g/mol. The van der Waals surface area contributed by atoms with Gasteiger partial charge in [-0.3, -0.25) is 9.59 Å². The van der Waals surface area contributed by atoms with Crippen molar-refractivity contribution in [3.05, 3.63) is 0 Å². The number of rotatable bonds is 7. The molecule has 1 atom stereocenters. The van der Waals surface area contributed by atoms with Gasteiger partial charge in [-0.15, -0.1) is 12.4 Å². The predicted molar refractivity (Wildman–Crippen MR) is 94.4 cm³/mol. The highest BCUT2D eigenvalue weighted by molar-refractivity contribution is 5.85. The molecule has 1 saturated heterocycles. The molecule has 5 nitrogen and oxygen atoms in total. The van der Waals surface area contributed by atoms with Crippen LogP contribution in [0.1, 0.15) is 64.2 Å². The maximum absolute atomic E-state index is 12.2. The molecule has 2 fully saturated rings. The lowest BCUT2D eigenvalue weighted by Crippen LogP contribution is -2.43. The molecule has 0 aromatic carbocycles. The van der Waals surface area contributed by atoms with Crippen LogP contribution in [0.4, 0.5) is 0 Å². The smallest absolute Gasteiger partial charge is 0.220 e. The fourth-order valence-electron chi connectivity index (χ4n) is 3.87. The molecule has 0 radical (unpaired) electrons. The second-order valence-corrected chi connectivity index (χ2v) is 6.97. The fourth-order valence-corrected chi connectivity index (χ4v) is 3.87. The molecule has 2 amide bonds. The summed E-state index contributed by atoms with van der Waals surface area (Å²) >= 11 is 0. The molecule has 0 aromatic rings. The van der Waals surface area contributed by atoms with E-state index in [1.54, 1.807) is 0 Å². The van der Waals surface area contributed by atoms with Crippen molar-refractivity contribution in [2.45, 2.75) is 70.3 Å².